The maximum atomic E-state index is 12.5. The highest BCUT2D eigenvalue weighted by Gasteiger charge is 2.25. The van der Waals surface area contributed by atoms with Crippen LogP contribution in [0, 0.1) is 11.8 Å². The minimum Gasteiger partial charge on any atom is -0.507 e. The fourth-order valence-electron chi connectivity index (χ4n) is 3.21. The Morgan fingerprint density at radius 2 is 2.00 bits per heavy atom. The van der Waals surface area contributed by atoms with Gasteiger partial charge in [0.1, 0.15) is 17.1 Å². The molecule has 0 spiro atoms. The molecule has 1 heterocycles. The number of nitrogens with one attached hydrogen (secondary N) is 1. The molecule has 6 nitrogen and oxygen atoms in total. The minimum absolute atomic E-state index is 0.0500. The van der Waals surface area contributed by atoms with Crippen molar-refractivity contribution in [1.82, 2.24) is 0 Å². The first-order chi connectivity index (χ1) is 13.5. The summed E-state index contributed by atoms with van der Waals surface area (Å²) in [6.45, 7) is 2.35. The summed E-state index contributed by atoms with van der Waals surface area (Å²) in [5.74, 6) is -0.104. The van der Waals surface area contributed by atoms with Crippen LogP contribution < -0.4 is 10.1 Å². The molecule has 142 valence electrons. The summed E-state index contributed by atoms with van der Waals surface area (Å²) in [4.78, 5) is 24.9. The molecule has 2 aromatic rings. The zero-order valence-electron chi connectivity index (χ0n) is 15.2. The van der Waals surface area contributed by atoms with Crippen molar-refractivity contribution in [3.8, 4) is 17.2 Å². The van der Waals surface area contributed by atoms with E-state index in [1.54, 1.807) is 24.3 Å². The van der Waals surface area contributed by atoms with Crippen LogP contribution in [0.4, 0.5) is 5.69 Å². The zero-order chi connectivity index (χ0) is 19.7. The molecular formula is C22H19NO5. The number of anilines is 1. The first-order valence-corrected chi connectivity index (χ1v) is 9.00. The lowest BCUT2D eigenvalue weighted by Crippen LogP contribution is -2.19. The number of amides is 1. The van der Waals surface area contributed by atoms with Gasteiger partial charge in [-0.05, 0) is 36.2 Å². The summed E-state index contributed by atoms with van der Waals surface area (Å²) in [6, 6.07) is 9.29. The maximum absolute atomic E-state index is 12.5. The van der Waals surface area contributed by atoms with Crippen LogP contribution in [-0.4, -0.2) is 23.6 Å². The first kappa shape index (κ1) is 17.9. The Morgan fingerprint density at radius 1 is 1.18 bits per heavy atom. The summed E-state index contributed by atoms with van der Waals surface area (Å²) in [7, 11) is 0. The fraction of sp³-hybridized carbons (Fsp3) is 0.182. The van der Waals surface area contributed by atoms with Crippen LogP contribution in [0.25, 0.3) is 0 Å². The van der Waals surface area contributed by atoms with Crippen molar-refractivity contribution in [2.45, 2.75) is 6.92 Å². The van der Waals surface area contributed by atoms with Gasteiger partial charge in [0.15, 0.2) is 5.75 Å². The second-order valence-electron chi connectivity index (χ2n) is 6.81. The summed E-state index contributed by atoms with van der Waals surface area (Å²) in [5.41, 5.74) is 0.693. The van der Waals surface area contributed by atoms with E-state index in [-0.39, 0.29) is 29.6 Å². The number of allylic oxidation sites excluding steroid dienone is 3. The van der Waals surface area contributed by atoms with Crippen molar-refractivity contribution < 1.29 is 24.2 Å². The highest BCUT2D eigenvalue weighted by molar-refractivity contribution is 6.10. The third kappa shape index (κ3) is 3.36. The number of fused-ring (bicyclic) bond motifs is 2. The molecule has 6 heteroatoms. The number of carbonyl (C=O) groups excluding carboxylic acids is 2. The second kappa shape index (κ2) is 7.23. The number of phenolic OH excluding ortho intramolecular Hbond substituents is 1. The number of hydrogen-bond donors (Lipinski definition) is 2. The first-order valence-electron chi connectivity index (χ1n) is 9.00. The number of ether oxygens (including phenoxy) is 2. The van der Waals surface area contributed by atoms with Crippen LogP contribution in [0.5, 0.6) is 17.2 Å². The van der Waals surface area contributed by atoms with E-state index in [0.717, 1.165) is 0 Å². The lowest BCUT2D eigenvalue weighted by atomic mass is 9.91. The lowest BCUT2D eigenvalue weighted by molar-refractivity contribution is 0.0446. The van der Waals surface area contributed by atoms with Crippen molar-refractivity contribution in [1.29, 1.82) is 0 Å². The molecule has 4 rings (SSSR count). The van der Waals surface area contributed by atoms with Crippen LogP contribution in [0.2, 0.25) is 0 Å². The molecule has 28 heavy (non-hydrogen) atoms. The van der Waals surface area contributed by atoms with E-state index in [1.807, 2.05) is 18.2 Å². The molecule has 0 radical (unpaired) electrons. The summed E-state index contributed by atoms with van der Waals surface area (Å²) >= 11 is 0. The molecule has 2 aliphatic rings. The number of esters is 1. The lowest BCUT2D eigenvalue weighted by Gasteiger charge is -2.20. The van der Waals surface area contributed by atoms with Crippen molar-refractivity contribution in [3.63, 3.8) is 0 Å². The largest absolute Gasteiger partial charge is 0.507 e. The molecule has 1 amide bonds. The molecule has 1 aliphatic carbocycles. The van der Waals surface area contributed by atoms with E-state index in [1.165, 1.54) is 12.1 Å². The number of rotatable bonds is 3. The predicted octanol–water partition coefficient (Wildman–Crippen LogP) is 4.29. The van der Waals surface area contributed by atoms with Crippen LogP contribution >= 0.6 is 0 Å². The summed E-state index contributed by atoms with van der Waals surface area (Å²) in [6.07, 6.45) is 8.02. The molecule has 0 saturated heterocycles. The van der Waals surface area contributed by atoms with Gasteiger partial charge in [-0.2, -0.15) is 0 Å². The molecule has 1 aliphatic heterocycles. The third-order valence-electron chi connectivity index (χ3n) is 4.88. The van der Waals surface area contributed by atoms with E-state index in [9.17, 15) is 14.7 Å². The maximum Gasteiger partial charge on any atom is 0.338 e. The highest BCUT2D eigenvalue weighted by Crippen LogP contribution is 2.39. The Hall–Kier alpha value is -3.54. The number of hydrogen-bond acceptors (Lipinski definition) is 5. The third-order valence-corrected chi connectivity index (χ3v) is 4.88. The van der Waals surface area contributed by atoms with Gasteiger partial charge in [0.25, 0.3) is 5.91 Å². The Bertz CT molecular complexity index is 1010. The van der Waals surface area contributed by atoms with Gasteiger partial charge in [-0.15, -0.1) is 0 Å². The number of phenols is 1. The monoisotopic (exact) mass is 377 g/mol. The fourth-order valence-corrected chi connectivity index (χ4v) is 3.21. The quantitative estimate of drug-likeness (QED) is 0.780. The number of aromatic hydroxyl groups is 1. The van der Waals surface area contributed by atoms with E-state index in [0.29, 0.717) is 22.9 Å². The SMILES string of the molecule is CC1C=CC=CC1COC(=O)c1ccc2c(c1)NC(=O)c1c(O)cccc1O2. The Balaban J connectivity index is 1.53. The van der Waals surface area contributed by atoms with Crippen LogP contribution in [0.3, 0.4) is 0 Å². The molecule has 0 saturated carbocycles. The van der Waals surface area contributed by atoms with Gasteiger partial charge in [-0.25, -0.2) is 4.79 Å². The predicted molar refractivity (Wildman–Crippen MR) is 104 cm³/mol. The molecule has 0 fully saturated rings. The van der Waals surface area contributed by atoms with Crippen LogP contribution in [0.15, 0.2) is 60.7 Å². The van der Waals surface area contributed by atoms with Crippen LogP contribution in [-0.2, 0) is 4.74 Å². The van der Waals surface area contributed by atoms with Gasteiger partial charge >= 0.3 is 5.97 Å². The average molecular weight is 377 g/mol. The Labute approximate surface area is 162 Å². The normalized spacial score (nSPS) is 19.7. The van der Waals surface area contributed by atoms with E-state index >= 15 is 0 Å². The van der Waals surface area contributed by atoms with Crippen molar-refractivity contribution >= 4 is 17.6 Å². The van der Waals surface area contributed by atoms with Gasteiger partial charge in [-0.1, -0.05) is 37.3 Å². The average Bonchev–Trinajstić information content (AvgIpc) is 2.82. The zero-order valence-corrected chi connectivity index (χ0v) is 15.2. The van der Waals surface area contributed by atoms with Gasteiger partial charge in [0.2, 0.25) is 0 Å². The Kier molecular flexibility index (Phi) is 4.61. The van der Waals surface area contributed by atoms with Gasteiger partial charge in [0, 0.05) is 5.92 Å². The van der Waals surface area contributed by atoms with Crippen molar-refractivity contribution in [2.75, 3.05) is 11.9 Å². The Morgan fingerprint density at radius 3 is 2.82 bits per heavy atom. The molecule has 2 N–H and O–H groups in total. The number of carbonyl (C=O) groups is 2. The summed E-state index contributed by atoms with van der Waals surface area (Å²) in [5, 5.41) is 12.6. The highest BCUT2D eigenvalue weighted by atomic mass is 16.5. The summed E-state index contributed by atoms with van der Waals surface area (Å²) < 4.78 is 11.2. The van der Waals surface area contributed by atoms with Crippen LogP contribution in [0.1, 0.15) is 27.6 Å². The molecular weight excluding hydrogens is 358 g/mol. The molecule has 0 aromatic heterocycles. The smallest absolute Gasteiger partial charge is 0.338 e. The number of benzene rings is 2. The van der Waals surface area contributed by atoms with Gasteiger partial charge in [0.05, 0.1) is 17.9 Å². The van der Waals surface area contributed by atoms with E-state index in [4.69, 9.17) is 9.47 Å². The van der Waals surface area contributed by atoms with E-state index in [2.05, 4.69) is 18.3 Å². The molecule has 2 atom stereocenters. The molecule has 0 bridgehead atoms. The van der Waals surface area contributed by atoms with Gasteiger partial charge < -0.3 is 19.9 Å². The minimum atomic E-state index is -0.509. The molecule has 2 aromatic carbocycles. The van der Waals surface area contributed by atoms with Crippen molar-refractivity contribution in [3.05, 3.63) is 71.8 Å². The second-order valence-corrected chi connectivity index (χ2v) is 6.81. The van der Waals surface area contributed by atoms with Gasteiger partial charge in [-0.3, -0.25) is 4.79 Å². The standard InChI is InChI=1S/C22H19NO5/c1-13-5-2-3-6-15(13)12-27-22(26)14-9-10-18-16(11-14)23-21(25)20-17(24)7-4-8-19(20)28-18/h2-11,13,15,24H,12H2,1H3,(H,23,25). The van der Waals surface area contributed by atoms with Crippen molar-refractivity contribution in [2.24, 2.45) is 11.8 Å². The topological polar surface area (TPSA) is 84.9 Å². The molecule has 2 unspecified atom stereocenters. The van der Waals surface area contributed by atoms with E-state index < -0.39 is 11.9 Å².